The molecule has 1 N–H and O–H groups in total. The maximum Gasteiger partial charge on any atom is 0.0868 e. The first-order valence-corrected chi connectivity index (χ1v) is 6.99. The quantitative estimate of drug-likeness (QED) is 0.916. The molecule has 0 radical (unpaired) electrons. The highest BCUT2D eigenvalue weighted by Crippen LogP contribution is 2.25. The Morgan fingerprint density at radius 2 is 2.05 bits per heavy atom. The van der Waals surface area contributed by atoms with E-state index in [4.69, 9.17) is 23.2 Å². The van der Waals surface area contributed by atoms with E-state index < -0.39 is 0 Å². The lowest BCUT2D eigenvalue weighted by Crippen LogP contribution is -2.06. The molecule has 3 nitrogen and oxygen atoms in total. The molecule has 0 amide bonds. The van der Waals surface area contributed by atoms with E-state index in [1.165, 1.54) is 0 Å². The van der Waals surface area contributed by atoms with E-state index in [2.05, 4.69) is 10.4 Å². The van der Waals surface area contributed by atoms with Crippen LogP contribution in [-0.4, -0.2) is 9.78 Å². The van der Waals surface area contributed by atoms with Gasteiger partial charge < -0.3 is 5.32 Å². The number of aryl methyl sites for hydroxylation is 2. The van der Waals surface area contributed by atoms with Crippen LogP contribution in [-0.2, 0) is 20.0 Å². The van der Waals surface area contributed by atoms with Crippen molar-refractivity contribution in [2.24, 2.45) is 7.05 Å². The standard InChI is InChI=1S/C14H17Cl2N3/c1-4-11-14(16)13(19(3)18-11)8-17-12-7-5-6-10(15)9(12)2/h5-7,17H,4,8H2,1-3H3. The van der Waals surface area contributed by atoms with Gasteiger partial charge in [-0.15, -0.1) is 0 Å². The Balaban J connectivity index is 2.19. The lowest BCUT2D eigenvalue weighted by Gasteiger charge is -2.11. The predicted octanol–water partition coefficient (Wildman–Crippen LogP) is 4.21. The maximum atomic E-state index is 6.32. The number of aromatic nitrogens is 2. The Labute approximate surface area is 123 Å². The number of anilines is 1. The van der Waals surface area contributed by atoms with Crippen molar-refractivity contribution >= 4 is 28.9 Å². The number of halogens is 2. The molecule has 0 saturated heterocycles. The summed E-state index contributed by atoms with van der Waals surface area (Å²) in [5.41, 5.74) is 3.97. The molecule has 0 bridgehead atoms. The molecule has 2 rings (SSSR count). The second-order valence-electron chi connectivity index (χ2n) is 4.45. The lowest BCUT2D eigenvalue weighted by atomic mass is 10.2. The molecule has 0 aliphatic rings. The first kappa shape index (κ1) is 14.2. The van der Waals surface area contributed by atoms with Crippen LogP contribution in [0.3, 0.4) is 0 Å². The Bertz CT molecular complexity index is 591. The van der Waals surface area contributed by atoms with Gasteiger partial charge in [0.1, 0.15) is 0 Å². The van der Waals surface area contributed by atoms with Crippen molar-refractivity contribution in [1.82, 2.24) is 9.78 Å². The van der Waals surface area contributed by atoms with E-state index in [1.54, 1.807) is 0 Å². The highest BCUT2D eigenvalue weighted by Gasteiger charge is 2.13. The van der Waals surface area contributed by atoms with Gasteiger partial charge in [0, 0.05) is 17.8 Å². The van der Waals surface area contributed by atoms with Crippen molar-refractivity contribution in [1.29, 1.82) is 0 Å². The average molecular weight is 298 g/mol. The monoisotopic (exact) mass is 297 g/mol. The second kappa shape index (κ2) is 5.85. The molecule has 19 heavy (non-hydrogen) atoms. The van der Waals surface area contributed by atoms with Crippen molar-refractivity contribution in [3.05, 3.63) is 45.2 Å². The minimum Gasteiger partial charge on any atom is -0.379 e. The molecule has 0 unspecified atom stereocenters. The Morgan fingerprint density at radius 3 is 2.68 bits per heavy atom. The molecule has 102 valence electrons. The normalized spacial score (nSPS) is 10.8. The van der Waals surface area contributed by atoms with Crippen molar-refractivity contribution < 1.29 is 0 Å². The summed E-state index contributed by atoms with van der Waals surface area (Å²) in [6.07, 6.45) is 0.836. The summed E-state index contributed by atoms with van der Waals surface area (Å²) in [6, 6.07) is 5.82. The summed E-state index contributed by atoms with van der Waals surface area (Å²) in [7, 11) is 1.91. The summed E-state index contributed by atoms with van der Waals surface area (Å²) in [5.74, 6) is 0. The third-order valence-corrected chi connectivity index (χ3v) is 4.06. The third kappa shape index (κ3) is 2.88. The Hall–Kier alpha value is -1.19. The Kier molecular flexibility index (Phi) is 4.38. The fraction of sp³-hybridized carbons (Fsp3) is 0.357. The van der Waals surface area contributed by atoms with Crippen LogP contribution in [0.15, 0.2) is 18.2 Å². The van der Waals surface area contributed by atoms with Crippen LogP contribution >= 0.6 is 23.2 Å². The minimum atomic E-state index is 0.628. The number of hydrogen-bond acceptors (Lipinski definition) is 2. The summed E-state index contributed by atoms with van der Waals surface area (Å²) < 4.78 is 1.83. The van der Waals surface area contributed by atoms with Gasteiger partial charge in [-0.1, -0.05) is 36.2 Å². The van der Waals surface area contributed by atoms with E-state index in [-0.39, 0.29) is 0 Å². The van der Waals surface area contributed by atoms with Crippen molar-refractivity contribution in [2.45, 2.75) is 26.8 Å². The van der Waals surface area contributed by atoms with E-state index >= 15 is 0 Å². The first-order chi connectivity index (χ1) is 9.04. The van der Waals surface area contributed by atoms with Gasteiger partial charge in [-0.2, -0.15) is 5.10 Å². The molecular weight excluding hydrogens is 281 g/mol. The zero-order valence-corrected chi connectivity index (χ0v) is 12.8. The van der Waals surface area contributed by atoms with Gasteiger partial charge in [0.25, 0.3) is 0 Å². The molecule has 1 aromatic heterocycles. The SMILES string of the molecule is CCc1nn(C)c(CNc2cccc(Cl)c2C)c1Cl. The van der Waals surface area contributed by atoms with E-state index in [0.29, 0.717) is 6.54 Å². The van der Waals surface area contributed by atoms with Gasteiger partial charge in [-0.25, -0.2) is 0 Å². The fourth-order valence-corrected chi connectivity index (χ4v) is 2.52. The topological polar surface area (TPSA) is 29.9 Å². The summed E-state index contributed by atoms with van der Waals surface area (Å²) in [6.45, 7) is 4.67. The van der Waals surface area contributed by atoms with Crippen LogP contribution in [0.4, 0.5) is 5.69 Å². The molecule has 0 aliphatic carbocycles. The number of hydrogen-bond donors (Lipinski definition) is 1. The van der Waals surface area contributed by atoms with Crippen molar-refractivity contribution in [3.8, 4) is 0 Å². The van der Waals surface area contributed by atoms with E-state index in [0.717, 1.165) is 39.1 Å². The number of rotatable bonds is 4. The largest absolute Gasteiger partial charge is 0.379 e. The third-order valence-electron chi connectivity index (χ3n) is 3.22. The lowest BCUT2D eigenvalue weighted by molar-refractivity contribution is 0.707. The predicted molar refractivity (Wildman–Crippen MR) is 81.1 cm³/mol. The number of benzene rings is 1. The number of nitrogens with one attached hydrogen (secondary N) is 1. The van der Waals surface area contributed by atoms with Crippen LogP contribution in [0, 0.1) is 6.92 Å². The molecule has 0 aliphatic heterocycles. The van der Waals surface area contributed by atoms with Crippen LogP contribution in [0.1, 0.15) is 23.9 Å². The van der Waals surface area contributed by atoms with Crippen LogP contribution in [0.2, 0.25) is 10.0 Å². The van der Waals surface area contributed by atoms with Gasteiger partial charge in [-0.3, -0.25) is 4.68 Å². The first-order valence-electron chi connectivity index (χ1n) is 6.23. The molecule has 1 heterocycles. The minimum absolute atomic E-state index is 0.628. The van der Waals surface area contributed by atoms with Gasteiger partial charge in [0.15, 0.2) is 0 Å². The van der Waals surface area contributed by atoms with E-state index in [9.17, 15) is 0 Å². The zero-order chi connectivity index (χ0) is 14.0. The van der Waals surface area contributed by atoms with Gasteiger partial charge in [0.2, 0.25) is 0 Å². The van der Waals surface area contributed by atoms with Gasteiger partial charge in [-0.05, 0) is 31.0 Å². The molecule has 0 fully saturated rings. The molecule has 2 aromatic rings. The number of nitrogens with zero attached hydrogens (tertiary/aromatic N) is 2. The maximum absolute atomic E-state index is 6.32. The molecular formula is C14H17Cl2N3. The summed E-state index contributed by atoms with van der Waals surface area (Å²) in [5, 5.41) is 9.27. The molecule has 5 heteroatoms. The van der Waals surface area contributed by atoms with Crippen LogP contribution < -0.4 is 5.32 Å². The molecule has 0 atom stereocenters. The molecule has 0 saturated carbocycles. The summed E-state index contributed by atoms with van der Waals surface area (Å²) >= 11 is 12.4. The van der Waals surface area contributed by atoms with Crippen LogP contribution in [0.25, 0.3) is 0 Å². The smallest absolute Gasteiger partial charge is 0.0868 e. The highest BCUT2D eigenvalue weighted by molar-refractivity contribution is 6.32. The molecule has 0 spiro atoms. The second-order valence-corrected chi connectivity index (χ2v) is 5.24. The fourth-order valence-electron chi connectivity index (χ4n) is 1.99. The summed E-state index contributed by atoms with van der Waals surface area (Å²) in [4.78, 5) is 0. The van der Waals surface area contributed by atoms with Gasteiger partial charge >= 0.3 is 0 Å². The molecule has 1 aromatic carbocycles. The van der Waals surface area contributed by atoms with Crippen molar-refractivity contribution in [2.75, 3.05) is 5.32 Å². The Morgan fingerprint density at radius 1 is 1.32 bits per heavy atom. The zero-order valence-electron chi connectivity index (χ0n) is 11.3. The van der Waals surface area contributed by atoms with Crippen LogP contribution in [0.5, 0.6) is 0 Å². The van der Waals surface area contributed by atoms with Crippen molar-refractivity contribution in [3.63, 3.8) is 0 Å². The average Bonchev–Trinajstić information content (AvgIpc) is 2.66. The van der Waals surface area contributed by atoms with Gasteiger partial charge in [0.05, 0.1) is 23.0 Å². The van der Waals surface area contributed by atoms with E-state index in [1.807, 2.05) is 43.8 Å². The highest BCUT2D eigenvalue weighted by atomic mass is 35.5.